The number of rotatable bonds is 8. The van der Waals surface area contributed by atoms with Crippen molar-refractivity contribution in [2.45, 2.75) is 33.1 Å². The van der Waals surface area contributed by atoms with E-state index in [4.69, 9.17) is 0 Å². The Hall–Kier alpha value is -3.38. The molecule has 174 valence electrons. The smallest absolute Gasteiger partial charge is 0.173 e. The van der Waals surface area contributed by atoms with Gasteiger partial charge in [0.1, 0.15) is 11.6 Å². The summed E-state index contributed by atoms with van der Waals surface area (Å²) in [6, 6.07) is 10.8. The molecule has 0 spiro atoms. The summed E-state index contributed by atoms with van der Waals surface area (Å²) in [6.45, 7) is 4.63. The van der Waals surface area contributed by atoms with E-state index >= 15 is 0 Å². The molecule has 1 aromatic heterocycles. The summed E-state index contributed by atoms with van der Waals surface area (Å²) in [5.41, 5.74) is 3.54. The van der Waals surface area contributed by atoms with E-state index in [0.717, 1.165) is 41.1 Å². The maximum atomic E-state index is 14.1. The highest BCUT2D eigenvalue weighted by atomic mass is 32.1. The van der Waals surface area contributed by atoms with Crippen LogP contribution in [0, 0.1) is 11.6 Å². The van der Waals surface area contributed by atoms with Crippen molar-refractivity contribution in [1.82, 2.24) is 5.32 Å². The Balaban J connectivity index is 1.73. The number of benzene rings is 2. The zero-order valence-corrected chi connectivity index (χ0v) is 19.9. The third kappa shape index (κ3) is 4.77. The molecule has 0 amide bonds. The van der Waals surface area contributed by atoms with Gasteiger partial charge < -0.3 is 5.32 Å². The van der Waals surface area contributed by atoms with Gasteiger partial charge in [-0.2, -0.15) is 0 Å². The molecule has 0 fully saturated rings. The van der Waals surface area contributed by atoms with Crippen molar-refractivity contribution in [2.24, 2.45) is 0 Å². The predicted octanol–water partition coefficient (Wildman–Crippen LogP) is 6.77. The number of carbonyl (C=O) groups excluding carboxylic acids is 2. The van der Waals surface area contributed by atoms with Gasteiger partial charge in [-0.3, -0.25) is 9.59 Å². The number of dihydropyridines is 1. The van der Waals surface area contributed by atoms with Gasteiger partial charge in [-0.05, 0) is 65.2 Å². The number of hydrogen-bond donors (Lipinski definition) is 1. The molecule has 0 saturated heterocycles. The quantitative estimate of drug-likeness (QED) is 0.364. The zero-order chi connectivity index (χ0) is 24.2. The lowest BCUT2D eigenvalue weighted by Gasteiger charge is -2.12. The molecule has 1 aliphatic rings. The van der Waals surface area contributed by atoms with Crippen molar-refractivity contribution < 1.29 is 18.4 Å². The molecule has 1 aliphatic heterocycles. The van der Waals surface area contributed by atoms with E-state index < -0.39 is 23.0 Å². The molecule has 3 nitrogen and oxygen atoms in total. The van der Waals surface area contributed by atoms with Crippen LogP contribution < -0.4 is 5.32 Å². The monoisotopic (exact) mass is 477 g/mol. The molecule has 4 rings (SSSR count). The number of halogens is 2. The Morgan fingerprint density at radius 2 is 1.76 bits per heavy atom. The van der Waals surface area contributed by atoms with Gasteiger partial charge >= 0.3 is 0 Å². The van der Waals surface area contributed by atoms with Crippen LogP contribution in [-0.4, -0.2) is 18.1 Å². The maximum Gasteiger partial charge on any atom is 0.173 e. The van der Waals surface area contributed by atoms with E-state index in [2.05, 4.69) is 24.4 Å². The van der Waals surface area contributed by atoms with Gasteiger partial charge in [0.2, 0.25) is 0 Å². The van der Waals surface area contributed by atoms with Crippen LogP contribution in [0.4, 0.5) is 8.78 Å². The zero-order valence-electron chi connectivity index (χ0n) is 19.1. The van der Waals surface area contributed by atoms with Gasteiger partial charge in [-0.25, -0.2) is 8.78 Å². The van der Waals surface area contributed by atoms with Gasteiger partial charge in [-0.1, -0.05) is 38.1 Å². The summed E-state index contributed by atoms with van der Waals surface area (Å²) in [7, 11) is 0. The molecule has 2 heterocycles. The normalized spacial score (nSPS) is 12.9. The second-order valence-electron chi connectivity index (χ2n) is 8.09. The van der Waals surface area contributed by atoms with Gasteiger partial charge in [0, 0.05) is 34.7 Å². The summed E-state index contributed by atoms with van der Waals surface area (Å²) >= 11 is 1.71. The first kappa shape index (κ1) is 23.8. The van der Waals surface area contributed by atoms with Gasteiger partial charge in [0.25, 0.3) is 0 Å². The Labute approximate surface area is 201 Å². The molecule has 0 atom stereocenters. The summed E-state index contributed by atoms with van der Waals surface area (Å²) in [5, 5.41) is 3.22. The van der Waals surface area contributed by atoms with Gasteiger partial charge in [0.05, 0.1) is 5.56 Å². The van der Waals surface area contributed by atoms with Gasteiger partial charge in [0.15, 0.2) is 11.6 Å². The van der Waals surface area contributed by atoms with E-state index in [1.165, 1.54) is 16.5 Å². The van der Waals surface area contributed by atoms with Crippen molar-refractivity contribution in [3.05, 3.63) is 98.9 Å². The maximum absolute atomic E-state index is 14.1. The van der Waals surface area contributed by atoms with Crippen LogP contribution in [0.15, 0.2) is 60.8 Å². The lowest BCUT2D eigenvalue weighted by atomic mass is 9.91. The van der Waals surface area contributed by atoms with Crippen molar-refractivity contribution >= 4 is 28.5 Å². The Morgan fingerprint density at radius 1 is 1.00 bits per heavy atom. The molecular formula is C28H25F2NO2S. The Kier molecular flexibility index (Phi) is 7.17. The molecule has 34 heavy (non-hydrogen) atoms. The first-order chi connectivity index (χ1) is 16.4. The van der Waals surface area contributed by atoms with E-state index in [-0.39, 0.29) is 12.2 Å². The number of allylic oxidation sites excluding steroid dienone is 2. The number of aryl methyl sites for hydroxylation is 1. The molecule has 0 bridgehead atoms. The molecular weight excluding hydrogens is 452 g/mol. The van der Waals surface area contributed by atoms with Crippen LogP contribution >= 0.6 is 11.3 Å². The minimum absolute atomic E-state index is 0.0438. The SMILES string of the molecule is CCC(=O)c1cc(CC(=O)c2c(F)cccc2F)ccc1-c1cc(C2=CC=CNC2)sc1CC. The number of Topliss-reactive ketones (excluding diaryl/α,β-unsaturated/α-hetero) is 2. The first-order valence-corrected chi connectivity index (χ1v) is 12.1. The largest absolute Gasteiger partial charge is 0.387 e. The van der Waals surface area contributed by atoms with Crippen LogP contribution in [0.2, 0.25) is 0 Å². The molecule has 6 heteroatoms. The van der Waals surface area contributed by atoms with E-state index in [0.29, 0.717) is 17.5 Å². The fourth-order valence-electron chi connectivity index (χ4n) is 4.10. The highest BCUT2D eigenvalue weighted by Gasteiger charge is 2.21. The minimum Gasteiger partial charge on any atom is -0.387 e. The molecule has 0 radical (unpaired) electrons. The average molecular weight is 478 g/mol. The van der Waals surface area contributed by atoms with Crippen molar-refractivity contribution in [3.63, 3.8) is 0 Å². The molecule has 1 N–H and O–H groups in total. The molecule has 0 saturated carbocycles. The highest BCUT2D eigenvalue weighted by Crippen LogP contribution is 2.38. The number of hydrogen-bond acceptors (Lipinski definition) is 4. The standard InChI is InChI=1S/C28H25F2NO2S/c1-3-24(32)20-13-17(14-25(33)28-22(29)8-5-9-23(28)30)10-11-19(20)21-15-27(34-26(21)4-2)18-7-6-12-31-16-18/h5-13,15,31H,3-4,14,16H2,1-2H3. The van der Waals surface area contributed by atoms with Crippen LogP contribution in [0.3, 0.4) is 0 Å². The summed E-state index contributed by atoms with van der Waals surface area (Å²) in [5.74, 6) is -2.47. The highest BCUT2D eigenvalue weighted by molar-refractivity contribution is 7.13. The van der Waals surface area contributed by atoms with Crippen molar-refractivity contribution in [1.29, 1.82) is 0 Å². The Bertz CT molecular complexity index is 1300. The summed E-state index contributed by atoms with van der Waals surface area (Å²) in [4.78, 5) is 27.9. The lowest BCUT2D eigenvalue weighted by Crippen LogP contribution is -2.10. The third-order valence-corrected chi connectivity index (χ3v) is 7.21. The lowest BCUT2D eigenvalue weighted by molar-refractivity contribution is 0.0975. The molecule has 0 aliphatic carbocycles. The number of thiophene rings is 1. The van der Waals surface area contributed by atoms with Gasteiger partial charge in [-0.15, -0.1) is 11.3 Å². The predicted molar refractivity (Wildman–Crippen MR) is 133 cm³/mol. The van der Waals surface area contributed by atoms with E-state index in [9.17, 15) is 18.4 Å². The minimum atomic E-state index is -0.883. The molecule has 0 unspecified atom stereocenters. The van der Waals surface area contributed by atoms with Crippen molar-refractivity contribution in [3.8, 4) is 11.1 Å². The number of ketones is 2. The first-order valence-electron chi connectivity index (χ1n) is 11.3. The molecule has 2 aromatic carbocycles. The van der Waals surface area contributed by atoms with Crippen LogP contribution in [0.1, 0.15) is 56.3 Å². The fraction of sp³-hybridized carbons (Fsp3) is 0.214. The third-order valence-electron chi connectivity index (χ3n) is 5.85. The van der Waals surface area contributed by atoms with E-state index in [1.54, 1.807) is 30.4 Å². The summed E-state index contributed by atoms with van der Waals surface area (Å²) < 4.78 is 28.1. The second kappa shape index (κ2) is 10.3. The van der Waals surface area contributed by atoms with Crippen LogP contribution in [0.5, 0.6) is 0 Å². The average Bonchev–Trinajstić information content (AvgIpc) is 3.28. The van der Waals surface area contributed by atoms with Crippen molar-refractivity contribution in [2.75, 3.05) is 6.54 Å². The van der Waals surface area contributed by atoms with E-state index in [1.807, 2.05) is 18.3 Å². The summed E-state index contributed by atoms with van der Waals surface area (Å²) in [6.07, 6.45) is 6.90. The Morgan fingerprint density at radius 3 is 2.41 bits per heavy atom. The fourth-order valence-corrected chi connectivity index (χ4v) is 5.24. The topological polar surface area (TPSA) is 46.2 Å². The number of carbonyl (C=O) groups is 2. The van der Waals surface area contributed by atoms with Crippen LogP contribution in [-0.2, 0) is 12.8 Å². The van der Waals surface area contributed by atoms with Crippen LogP contribution in [0.25, 0.3) is 16.7 Å². The number of nitrogens with one attached hydrogen (secondary N) is 1. The molecule has 3 aromatic rings. The second-order valence-corrected chi connectivity index (χ2v) is 9.22.